The molecule has 1 aliphatic heterocycles. The van der Waals surface area contributed by atoms with Crippen LogP contribution >= 0.6 is 0 Å². The number of rotatable bonds is 4. The summed E-state index contributed by atoms with van der Waals surface area (Å²) in [6, 6.07) is 7.69. The number of fused-ring (bicyclic) bond motifs is 1. The van der Waals surface area contributed by atoms with Gasteiger partial charge in [0, 0.05) is 18.3 Å². The maximum absolute atomic E-state index is 3.56. The molecule has 1 fully saturated rings. The molecule has 0 amide bonds. The molecule has 2 N–H and O–H groups in total. The first-order valence-electron chi connectivity index (χ1n) is 6.01. The number of hydrogen-bond donors (Lipinski definition) is 2. The molecule has 1 heterocycles. The van der Waals surface area contributed by atoms with Crippen LogP contribution in [0.5, 0.6) is 0 Å². The molecule has 3 rings (SSSR count). The third kappa shape index (κ3) is 2.15. The molecule has 0 bridgehead atoms. The fourth-order valence-corrected chi connectivity index (χ4v) is 2.22. The molecule has 0 atom stereocenters. The second-order valence-corrected chi connectivity index (χ2v) is 4.65. The van der Waals surface area contributed by atoms with Gasteiger partial charge in [0.2, 0.25) is 0 Å². The Bertz CT molecular complexity index is 356. The highest BCUT2D eigenvalue weighted by atomic mass is 14.9. The Balaban J connectivity index is 1.59. The molecule has 2 nitrogen and oxygen atoms in total. The SMILES string of the molecule is c1cc2c(cc1CCNC1CC1)CCN2. The Labute approximate surface area is 91.1 Å². The lowest BCUT2D eigenvalue weighted by Crippen LogP contribution is -2.19. The van der Waals surface area contributed by atoms with E-state index in [9.17, 15) is 0 Å². The molecule has 0 radical (unpaired) electrons. The van der Waals surface area contributed by atoms with Gasteiger partial charge in [0.15, 0.2) is 0 Å². The lowest BCUT2D eigenvalue weighted by molar-refractivity contribution is 0.682. The highest BCUT2D eigenvalue weighted by Gasteiger charge is 2.19. The summed E-state index contributed by atoms with van der Waals surface area (Å²) >= 11 is 0. The lowest BCUT2D eigenvalue weighted by Gasteiger charge is -2.05. The molecule has 0 aromatic heterocycles. The lowest BCUT2D eigenvalue weighted by atomic mass is 10.1. The van der Waals surface area contributed by atoms with Crippen LogP contribution in [0.4, 0.5) is 5.69 Å². The van der Waals surface area contributed by atoms with Crippen molar-refractivity contribution in [3.63, 3.8) is 0 Å². The van der Waals surface area contributed by atoms with Crippen molar-refractivity contribution in [3.8, 4) is 0 Å². The van der Waals surface area contributed by atoms with Crippen molar-refractivity contribution in [3.05, 3.63) is 29.3 Å². The monoisotopic (exact) mass is 202 g/mol. The summed E-state index contributed by atoms with van der Waals surface area (Å²) in [4.78, 5) is 0. The molecule has 1 aromatic rings. The Morgan fingerprint density at radius 2 is 2.27 bits per heavy atom. The molecule has 1 saturated carbocycles. The molecule has 0 unspecified atom stereocenters. The molecule has 80 valence electrons. The van der Waals surface area contributed by atoms with Crippen LogP contribution in [0.2, 0.25) is 0 Å². The summed E-state index contributed by atoms with van der Waals surface area (Å²) in [5, 5.41) is 6.95. The van der Waals surface area contributed by atoms with E-state index in [0.29, 0.717) is 0 Å². The van der Waals surface area contributed by atoms with Gasteiger partial charge >= 0.3 is 0 Å². The van der Waals surface area contributed by atoms with Crippen LogP contribution in [0.3, 0.4) is 0 Å². The predicted molar refractivity (Wildman–Crippen MR) is 63.4 cm³/mol. The molecular weight excluding hydrogens is 184 g/mol. The number of hydrogen-bond acceptors (Lipinski definition) is 2. The summed E-state index contributed by atoms with van der Waals surface area (Å²) in [5.74, 6) is 0. The summed E-state index contributed by atoms with van der Waals surface area (Å²) in [6.07, 6.45) is 5.13. The Morgan fingerprint density at radius 3 is 3.13 bits per heavy atom. The minimum atomic E-state index is 0.834. The minimum Gasteiger partial charge on any atom is -0.384 e. The van der Waals surface area contributed by atoms with E-state index in [2.05, 4.69) is 28.8 Å². The van der Waals surface area contributed by atoms with Gasteiger partial charge in [0.25, 0.3) is 0 Å². The largest absolute Gasteiger partial charge is 0.384 e. The Morgan fingerprint density at radius 1 is 1.33 bits per heavy atom. The normalized spacial score (nSPS) is 18.7. The average molecular weight is 202 g/mol. The van der Waals surface area contributed by atoms with Crippen LogP contribution in [0.25, 0.3) is 0 Å². The van der Waals surface area contributed by atoms with Gasteiger partial charge in [0.05, 0.1) is 0 Å². The van der Waals surface area contributed by atoms with Crippen molar-refractivity contribution in [2.75, 3.05) is 18.4 Å². The first-order valence-corrected chi connectivity index (χ1v) is 6.01. The maximum Gasteiger partial charge on any atom is 0.0373 e. The van der Waals surface area contributed by atoms with E-state index in [4.69, 9.17) is 0 Å². The van der Waals surface area contributed by atoms with Gasteiger partial charge < -0.3 is 10.6 Å². The summed E-state index contributed by atoms with van der Waals surface area (Å²) in [5.41, 5.74) is 4.32. The molecule has 0 spiro atoms. The first-order chi connectivity index (χ1) is 7.42. The first kappa shape index (κ1) is 9.22. The van der Waals surface area contributed by atoms with E-state index in [1.807, 2.05) is 0 Å². The zero-order valence-electron chi connectivity index (χ0n) is 9.05. The standard InChI is InChI=1S/C13H18N2/c1-4-13-11(6-8-15-13)9-10(1)5-7-14-12-2-3-12/h1,4,9,12,14-15H,2-3,5-8H2. The Kier molecular flexibility index (Phi) is 2.37. The van der Waals surface area contributed by atoms with Crippen molar-refractivity contribution in [2.24, 2.45) is 0 Å². The topological polar surface area (TPSA) is 24.1 Å². The third-order valence-electron chi connectivity index (χ3n) is 3.30. The smallest absolute Gasteiger partial charge is 0.0373 e. The van der Waals surface area contributed by atoms with E-state index < -0.39 is 0 Å². The van der Waals surface area contributed by atoms with E-state index in [1.54, 1.807) is 0 Å². The second-order valence-electron chi connectivity index (χ2n) is 4.65. The van der Waals surface area contributed by atoms with Crippen molar-refractivity contribution < 1.29 is 0 Å². The van der Waals surface area contributed by atoms with Gasteiger partial charge in [-0.3, -0.25) is 0 Å². The van der Waals surface area contributed by atoms with E-state index in [1.165, 1.54) is 42.5 Å². The van der Waals surface area contributed by atoms with Gasteiger partial charge in [0.1, 0.15) is 0 Å². The summed E-state index contributed by atoms with van der Waals surface area (Å²) < 4.78 is 0. The van der Waals surface area contributed by atoms with Crippen LogP contribution < -0.4 is 10.6 Å². The predicted octanol–water partition coefficient (Wildman–Crippen LogP) is 1.95. The van der Waals surface area contributed by atoms with Crippen LogP contribution in [0.15, 0.2) is 18.2 Å². The van der Waals surface area contributed by atoms with Crippen LogP contribution in [-0.4, -0.2) is 19.1 Å². The van der Waals surface area contributed by atoms with Gasteiger partial charge in [-0.15, -0.1) is 0 Å². The zero-order valence-corrected chi connectivity index (χ0v) is 9.05. The number of benzene rings is 1. The maximum atomic E-state index is 3.56. The minimum absolute atomic E-state index is 0.834. The van der Waals surface area contributed by atoms with Crippen LogP contribution in [-0.2, 0) is 12.8 Å². The second kappa shape index (κ2) is 3.86. The average Bonchev–Trinajstić information content (AvgIpc) is 2.95. The quantitative estimate of drug-likeness (QED) is 0.780. The van der Waals surface area contributed by atoms with Crippen molar-refractivity contribution in [2.45, 2.75) is 31.7 Å². The van der Waals surface area contributed by atoms with E-state index in [-0.39, 0.29) is 0 Å². The highest BCUT2D eigenvalue weighted by Crippen LogP contribution is 2.23. The van der Waals surface area contributed by atoms with Crippen molar-refractivity contribution >= 4 is 5.69 Å². The third-order valence-corrected chi connectivity index (χ3v) is 3.30. The van der Waals surface area contributed by atoms with Crippen molar-refractivity contribution in [1.82, 2.24) is 5.32 Å². The van der Waals surface area contributed by atoms with Crippen LogP contribution in [0, 0.1) is 0 Å². The molecule has 2 heteroatoms. The molecule has 15 heavy (non-hydrogen) atoms. The fourth-order valence-electron chi connectivity index (χ4n) is 2.22. The van der Waals surface area contributed by atoms with Crippen molar-refractivity contribution in [1.29, 1.82) is 0 Å². The van der Waals surface area contributed by atoms with Crippen LogP contribution in [0.1, 0.15) is 24.0 Å². The number of nitrogens with one attached hydrogen (secondary N) is 2. The molecule has 2 aliphatic rings. The van der Waals surface area contributed by atoms with Gasteiger partial charge in [-0.05, 0) is 49.4 Å². The van der Waals surface area contributed by atoms with E-state index in [0.717, 1.165) is 19.1 Å². The van der Waals surface area contributed by atoms with E-state index >= 15 is 0 Å². The Hall–Kier alpha value is -1.02. The molecule has 0 saturated heterocycles. The molecule has 1 aromatic carbocycles. The summed E-state index contributed by atoms with van der Waals surface area (Å²) in [6.45, 7) is 2.25. The molecular formula is C13H18N2. The summed E-state index contributed by atoms with van der Waals surface area (Å²) in [7, 11) is 0. The number of anilines is 1. The van der Waals surface area contributed by atoms with Gasteiger partial charge in [-0.25, -0.2) is 0 Å². The van der Waals surface area contributed by atoms with Gasteiger partial charge in [-0.2, -0.15) is 0 Å². The molecule has 1 aliphatic carbocycles. The fraction of sp³-hybridized carbons (Fsp3) is 0.538. The highest BCUT2D eigenvalue weighted by molar-refractivity contribution is 5.56. The zero-order chi connectivity index (χ0) is 10.1. The van der Waals surface area contributed by atoms with Gasteiger partial charge in [-0.1, -0.05) is 12.1 Å².